The van der Waals surface area contributed by atoms with Gasteiger partial charge in [-0.2, -0.15) is 0 Å². The molecule has 9 N–H and O–H groups in total. The maximum Gasteiger partial charge on any atom is 0.293 e. The number of ether oxygens (including phenoxy) is 1. The molecule has 0 unspecified atom stereocenters. The number of likely N-dealkylation sites (N-methyl/N-ethyl adjacent to an activating group) is 4. The van der Waals surface area contributed by atoms with Gasteiger partial charge in [-0.1, -0.05) is 169 Å². The molecule has 3 aliphatic rings. The van der Waals surface area contributed by atoms with Crippen LogP contribution in [0.5, 0.6) is 5.75 Å². The molecule has 0 spiro atoms. The molecule has 12 amide bonds. The van der Waals surface area contributed by atoms with E-state index in [1.54, 1.807) is 131 Å². The number of nitrogens with zero attached hydrogens (tertiary/aromatic N) is 6. The second-order valence-corrected chi connectivity index (χ2v) is 35.0. The summed E-state index contributed by atoms with van der Waals surface area (Å²) in [5.41, 5.74) is 9.18. The highest BCUT2D eigenvalue weighted by molar-refractivity contribution is 8.00. The van der Waals surface area contributed by atoms with E-state index >= 15 is 47.9 Å². The van der Waals surface area contributed by atoms with Crippen molar-refractivity contribution >= 4 is 117 Å². The van der Waals surface area contributed by atoms with Gasteiger partial charge in [-0.15, -0.1) is 11.8 Å². The number of nitrogens with one attached hydrogen (secondary N) is 6. The molecule has 12 atom stereocenters. The van der Waals surface area contributed by atoms with E-state index in [1.165, 1.54) is 77.0 Å². The number of phenolic OH excluding ortho intramolecular Hbond substituents is 1. The van der Waals surface area contributed by atoms with Crippen LogP contribution in [0.4, 0.5) is 0 Å². The minimum Gasteiger partial charge on any atom is -0.508 e. The number of fused-ring (bicyclic) bond motifs is 3. The number of nitrogens with two attached hydrogens (primary N) is 1. The second kappa shape index (κ2) is 47.3. The third-order valence-electron chi connectivity index (χ3n) is 23.8. The van der Waals surface area contributed by atoms with Gasteiger partial charge in [0.15, 0.2) is 11.6 Å². The monoisotopic (exact) mass is 1750 g/mol. The predicted molar refractivity (Wildman–Crippen MR) is 474 cm³/mol. The van der Waals surface area contributed by atoms with Crippen LogP contribution in [-0.2, 0) is 114 Å². The highest BCUT2D eigenvalue weighted by atomic mass is 32.2. The van der Waals surface area contributed by atoms with Gasteiger partial charge in [0.25, 0.3) is 6.47 Å². The molecule has 126 heavy (non-hydrogen) atoms. The van der Waals surface area contributed by atoms with Crippen molar-refractivity contribution in [3.63, 3.8) is 0 Å². The molecular weight excluding hydrogens is 1630 g/mol. The smallest absolute Gasteiger partial charge is 0.293 e. The fourth-order valence-corrected chi connectivity index (χ4v) is 17.5. The van der Waals surface area contributed by atoms with Crippen molar-refractivity contribution in [2.24, 2.45) is 29.4 Å². The molecule has 4 heterocycles. The van der Waals surface area contributed by atoms with E-state index in [0.717, 1.165) is 16.7 Å². The Morgan fingerprint density at radius 3 is 1.67 bits per heavy atom. The third kappa shape index (κ3) is 27.2. The molecular formula is C94H121N13O18S. The lowest BCUT2D eigenvalue weighted by Crippen LogP contribution is -2.60. The Morgan fingerprint density at radius 1 is 0.548 bits per heavy atom. The standard InChI is InChI=1S/C94H121N13O18S/c1-10-11-33-77-91(121)102(6)53-67(110)49-65(54-125-57-108)82(112)51-69(59(4)5)89(119)104(8)80(48-62-29-19-14-20-30-62)94(124)107-43-24-35-78(107)93(123)106-42-23-34-76(106)88(118)100-73(50-64-52-96-70-32-22-21-31-68(64)70)87(117)99-72(45-63-36-38-66(109)39-37-63)86(116)98-71(44-58(2)3)85(115)101-75(81(111)40-41-83(95)113)55-126-56-84(114)97-74(46-60-25-15-12-16-26-60)90(120)105(9)79(92(122)103(77)7)47-61-27-17-13-18-28-61/h12-22,25-32,36-39,52,57-59,65,69,71-80,96,109H,10-11,23-24,33-35,40-51,53-56H2,1-9H3,(H2,95,113)(H,97,114)(H,98,116)(H,99,117)(H,100,118)(H,101,115)/t65-,69-,71-,72-,73-,74-,75-,76+,77-,78-,79-,80-/m0/s1. The lowest BCUT2D eigenvalue weighted by molar-refractivity contribution is -0.153. The number of aromatic nitrogens is 1. The second-order valence-electron chi connectivity index (χ2n) is 33.9. The van der Waals surface area contributed by atoms with E-state index in [2.05, 4.69) is 31.6 Å². The quantitative estimate of drug-likeness (QED) is 0.0365. The first kappa shape index (κ1) is 97.7. The molecule has 0 bridgehead atoms. The summed E-state index contributed by atoms with van der Waals surface area (Å²) < 4.78 is 5.17. The number of unbranched alkanes of at least 4 members (excludes halogenated alkanes) is 1. The Hall–Kier alpha value is -12.1. The number of hydrogen-bond acceptors (Lipinski definition) is 19. The van der Waals surface area contributed by atoms with E-state index in [4.69, 9.17) is 10.5 Å². The number of primary amides is 1. The summed E-state index contributed by atoms with van der Waals surface area (Å²) in [5.74, 6) is -14.8. The molecule has 0 aliphatic carbocycles. The number of aromatic hydroxyl groups is 1. The molecule has 6 aromatic rings. The SMILES string of the molecule is CCCC[C@H]1C(=O)N(C)CC(=O)C[C@@H](COC=O)C(=O)C[C@@H](C(C)C)C(=O)N(C)[C@@H](Cc2ccccc2)C(=O)N2CCC[C@H]2C(=O)N2CCC[C@@H]2C(=O)N[C@@H](Cc2c[nH]c3ccccc23)C(=O)N[C@@H](Cc2ccc(O)cc2)C(=O)N[C@@H](CC(C)C)C(=O)N[C@H](C(=O)CCC(N)=O)CSCC(=O)N[C@@H](Cc2ccccc2)C(=O)N(C)[C@@H](Cc2ccccc2)C(=O)N1C. The zero-order chi connectivity index (χ0) is 91.4. The van der Waals surface area contributed by atoms with Crippen LogP contribution in [0.15, 0.2) is 146 Å². The number of thioether (sulfide) groups is 1. The molecule has 3 aliphatic heterocycles. The Morgan fingerprint density at radius 2 is 1.07 bits per heavy atom. The molecule has 0 saturated carbocycles. The minimum absolute atomic E-state index is 0.0378. The van der Waals surface area contributed by atoms with Crippen molar-refractivity contribution in [1.29, 1.82) is 0 Å². The highest BCUT2D eigenvalue weighted by Crippen LogP contribution is 2.31. The summed E-state index contributed by atoms with van der Waals surface area (Å²) in [6.45, 7) is 8.03. The lowest BCUT2D eigenvalue weighted by atomic mass is 9.84. The highest BCUT2D eigenvalue weighted by Gasteiger charge is 2.47. The number of aromatic amines is 1. The Labute approximate surface area is 739 Å². The average molecular weight is 1750 g/mol. The molecule has 5 aromatic carbocycles. The molecule has 3 saturated heterocycles. The van der Waals surface area contributed by atoms with Crippen molar-refractivity contribution in [1.82, 2.24) is 61.0 Å². The first-order valence-corrected chi connectivity index (χ1v) is 44.5. The van der Waals surface area contributed by atoms with Crippen LogP contribution in [0.25, 0.3) is 10.9 Å². The Bertz CT molecular complexity index is 4800. The predicted octanol–water partition coefficient (Wildman–Crippen LogP) is 5.53. The van der Waals surface area contributed by atoms with Crippen LogP contribution < -0.4 is 32.3 Å². The molecule has 3 fully saturated rings. The number of hydrogen-bond donors (Lipinski definition) is 8. The number of carbonyl (C=O) groups is 16. The first-order valence-electron chi connectivity index (χ1n) is 43.4. The number of H-pyrrole nitrogens is 1. The summed E-state index contributed by atoms with van der Waals surface area (Å²) in [7, 11) is 5.65. The van der Waals surface area contributed by atoms with E-state index in [0.29, 0.717) is 64.4 Å². The van der Waals surface area contributed by atoms with Gasteiger partial charge >= 0.3 is 0 Å². The van der Waals surface area contributed by atoms with Crippen LogP contribution in [0.3, 0.4) is 0 Å². The topological polar surface area (TPSA) is 424 Å². The summed E-state index contributed by atoms with van der Waals surface area (Å²) in [5, 5.41) is 25.3. The van der Waals surface area contributed by atoms with Gasteiger partial charge in [0.1, 0.15) is 72.5 Å². The maximum atomic E-state index is 15.7. The zero-order valence-electron chi connectivity index (χ0n) is 73.3. The van der Waals surface area contributed by atoms with Crippen molar-refractivity contribution in [2.45, 2.75) is 204 Å². The number of ketones is 3. The summed E-state index contributed by atoms with van der Waals surface area (Å²) in [6, 6.07) is 26.2. The number of Topliss-reactive ketones (excluding diaryl/α,β-unsaturated/α-hetero) is 3. The Balaban J connectivity index is 1.10. The number of amides is 12. The van der Waals surface area contributed by atoms with E-state index in [1.807, 2.05) is 25.1 Å². The number of rotatable bonds is 23. The molecule has 9 rings (SSSR count). The Kier molecular flexibility index (Phi) is 36.7. The van der Waals surface area contributed by atoms with Crippen LogP contribution in [0, 0.1) is 23.7 Å². The molecule has 1 aromatic heterocycles. The van der Waals surface area contributed by atoms with Gasteiger partial charge in [0.2, 0.25) is 70.9 Å². The molecule has 32 heteroatoms. The molecule has 0 radical (unpaired) electrons. The molecule has 31 nitrogen and oxygen atoms in total. The average Bonchev–Trinajstić information content (AvgIpc) is 1.63. The van der Waals surface area contributed by atoms with Gasteiger partial charge in [0, 0.05) is 128 Å². The van der Waals surface area contributed by atoms with Gasteiger partial charge < -0.3 is 76.5 Å². The van der Waals surface area contributed by atoms with Crippen LogP contribution in [0.2, 0.25) is 0 Å². The van der Waals surface area contributed by atoms with Crippen molar-refractivity contribution in [2.75, 3.05) is 65.9 Å². The maximum absolute atomic E-state index is 15.7. The van der Waals surface area contributed by atoms with Crippen molar-refractivity contribution in [3.05, 3.63) is 174 Å². The van der Waals surface area contributed by atoms with E-state index in [-0.39, 0.29) is 94.8 Å². The minimum atomic E-state index is -1.53. The fourth-order valence-electron chi connectivity index (χ4n) is 16.6. The zero-order valence-corrected chi connectivity index (χ0v) is 74.2. The van der Waals surface area contributed by atoms with Crippen LogP contribution in [0.1, 0.15) is 139 Å². The van der Waals surface area contributed by atoms with E-state index in [9.17, 15) is 33.9 Å². The third-order valence-corrected chi connectivity index (χ3v) is 24.8. The van der Waals surface area contributed by atoms with Gasteiger partial charge in [-0.25, -0.2) is 0 Å². The summed E-state index contributed by atoms with van der Waals surface area (Å²) >= 11 is 0.898. The fraction of sp³-hybridized carbons (Fsp3) is 0.489. The van der Waals surface area contributed by atoms with Gasteiger partial charge in [-0.05, 0) is 96.4 Å². The number of phenols is 1. The summed E-state index contributed by atoms with van der Waals surface area (Å²) in [4.78, 5) is 247. The van der Waals surface area contributed by atoms with Crippen LogP contribution in [-0.4, -0.2) is 261 Å². The van der Waals surface area contributed by atoms with Gasteiger partial charge in [0.05, 0.1) is 24.3 Å². The number of benzene rings is 5. The van der Waals surface area contributed by atoms with Crippen molar-refractivity contribution < 1.29 is 86.6 Å². The van der Waals surface area contributed by atoms with Gasteiger partial charge in [-0.3, -0.25) is 76.7 Å². The summed E-state index contributed by atoms with van der Waals surface area (Å²) in [6.07, 6.45) is 1.24. The molecule has 676 valence electrons. The van der Waals surface area contributed by atoms with Crippen molar-refractivity contribution in [3.8, 4) is 5.75 Å². The largest absolute Gasteiger partial charge is 0.508 e. The van der Waals surface area contributed by atoms with E-state index < -0.39 is 211 Å². The normalized spacial score (nSPS) is 23.8. The van der Waals surface area contributed by atoms with Crippen LogP contribution >= 0.6 is 11.8 Å². The first-order chi connectivity index (χ1) is 60.2. The number of para-hydroxylation sites is 1. The lowest BCUT2D eigenvalue weighted by Gasteiger charge is -2.37. The number of carbonyl (C=O) groups excluding carboxylic acids is 16.